The van der Waals surface area contributed by atoms with Gasteiger partial charge in [0.05, 0.1) is 16.2 Å². The number of aromatic nitrogens is 3. The van der Waals surface area contributed by atoms with Gasteiger partial charge in [-0.15, -0.1) is 0 Å². The molecule has 0 aliphatic carbocycles. The Bertz CT molecular complexity index is 1130. The molecule has 28 heavy (non-hydrogen) atoms. The first-order chi connectivity index (χ1) is 13.5. The fraction of sp³-hybridized carbons (Fsp3) is 0.100. The van der Waals surface area contributed by atoms with Gasteiger partial charge in [0.25, 0.3) is 0 Å². The molecule has 0 spiro atoms. The minimum Gasteiger partial charge on any atom is -0.507 e. The predicted molar refractivity (Wildman–Crippen MR) is 117 cm³/mol. The van der Waals surface area contributed by atoms with E-state index in [0.29, 0.717) is 27.0 Å². The van der Waals surface area contributed by atoms with E-state index in [1.165, 1.54) is 11.8 Å². The van der Waals surface area contributed by atoms with E-state index in [1.54, 1.807) is 18.8 Å². The zero-order valence-electron chi connectivity index (χ0n) is 14.9. The van der Waals surface area contributed by atoms with Gasteiger partial charge in [0, 0.05) is 24.8 Å². The summed E-state index contributed by atoms with van der Waals surface area (Å²) in [6.07, 6.45) is 0. The van der Waals surface area contributed by atoms with Gasteiger partial charge < -0.3 is 15.0 Å². The van der Waals surface area contributed by atoms with E-state index >= 15 is 0 Å². The Balaban J connectivity index is 1.66. The number of phenolic OH excluding ortho intramolecular Hbond substituents is 1. The van der Waals surface area contributed by atoms with E-state index < -0.39 is 8.15 Å². The van der Waals surface area contributed by atoms with Crippen molar-refractivity contribution < 1.29 is 10.00 Å². The highest BCUT2D eigenvalue weighted by atomic mass is 35.5. The van der Waals surface area contributed by atoms with Crippen LogP contribution in [-0.2, 0) is 0 Å². The van der Waals surface area contributed by atoms with E-state index in [0.717, 1.165) is 22.2 Å². The Morgan fingerprint density at radius 2 is 1.79 bits per heavy atom. The standard InChI is InChI=1S/C20H17ClN3O2PS/c1-27(26)11-28-20-22-16-10-15(21)18(23-19(16)24-20)13-8-6-12(7-9-13)14-4-2-3-5-17(14)25/h2-10,25-26H,11H2,1H3,(H,22,23,24). The van der Waals surface area contributed by atoms with Crippen LogP contribution in [0.25, 0.3) is 33.5 Å². The van der Waals surface area contributed by atoms with Crippen LogP contribution in [0.2, 0.25) is 5.02 Å². The fourth-order valence-corrected chi connectivity index (χ4v) is 4.68. The quantitative estimate of drug-likeness (QED) is 0.279. The second kappa shape index (κ2) is 8.10. The third-order valence-electron chi connectivity index (χ3n) is 4.17. The summed E-state index contributed by atoms with van der Waals surface area (Å²) in [6, 6.07) is 16.8. The Kier molecular flexibility index (Phi) is 5.56. The number of nitrogens with one attached hydrogen (secondary N) is 1. The molecule has 0 aliphatic rings. The highest BCUT2D eigenvalue weighted by molar-refractivity contribution is 8.04. The second-order valence-electron chi connectivity index (χ2n) is 6.26. The molecule has 1 atom stereocenters. The topological polar surface area (TPSA) is 82.0 Å². The van der Waals surface area contributed by atoms with Crippen LogP contribution >= 0.6 is 31.5 Å². The van der Waals surface area contributed by atoms with Gasteiger partial charge in [-0.2, -0.15) is 0 Å². The van der Waals surface area contributed by atoms with Crippen molar-refractivity contribution in [1.29, 1.82) is 0 Å². The molecule has 5 nitrogen and oxygen atoms in total. The maximum Gasteiger partial charge on any atom is 0.179 e. The Hall–Kier alpha value is -2.11. The number of halogens is 1. The van der Waals surface area contributed by atoms with Crippen molar-refractivity contribution >= 4 is 42.7 Å². The lowest BCUT2D eigenvalue weighted by atomic mass is 10.0. The number of H-pyrrole nitrogens is 1. The third kappa shape index (κ3) is 4.01. The van der Waals surface area contributed by atoms with Crippen LogP contribution in [0.5, 0.6) is 5.75 Å². The van der Waals surface area contributed by atoms with Crippen LogP contribution in [0, 0.1) is 0 Å². The summed E-state index contributed by atoms with van der Waals surface area (Å²) in [4.78, 5) is 21.8. The number of aromatic hydroxyl groups is 1. The lowest BCUT2D eigenvalue weighted by Gasteiger charge is -2.07. The van der Waals surface area contributed by atoms with Crippen molar-refractivity contribution in [2.24, 2.45) is 0 Å². The molecule has 4 aromatic rings. The summed E-state index contributed by atoms with van der Waals surface area (Å²) < 4.78 is 0. The van der Waals surface area contributed by atoms with Crippen molar-refractivity contribution in [1.82, 2.24) is 15.0 Å². The Morgan fingerprint density at radius 3 is 2.50 bits per heavy atom. The van der Waals surface area contributed by atoms with Gasteiger partial charge in [0.2, 0.25) is 0 Å². The molecule has 2 aromatic heterocycles. The molecule has 8 heteroatoms. The summed E-state index contributed by atoms with van der Waals surface area (Å²) in [5.74, 6) is 0.244. The van der Waals surface area contributed by atoms with E-state index in [9.17, 15) is 10.00 Å². The molecule has 2 heterocycles. The number of hydrogen-bond donors (Lipinski definition) is 3. The number of para-hydroxylation sites is 1. The van der Waals surface area contributed by atoms with Crippen LogP contribution < -0.4 is 0 Å². The number of benzene rings is 2. The first kappa shape index (κ1) is 19.2. The highest BCUT2D eigenvalue weighted by Gasteiger charge is 2.13. The number of imidazole rings is 1. The number of phenols is 1. The van der Waals surface area contributed by atoms with Gasteiger partial charge in [0.15, 0.2) is 10.8 Å². The maximum atomic E-state index is 10.0. The molecule has 2 aromatic carbocycles. The summed E-state index contributed by atoms with van der Waals surface area (Å²) in [7, 11) is -0.988. The lowest BCUT2D eigenvalue weighted by molar-refractivity contribution is 0.477. The summed E-state index contributed by atoms with van der Waals surface area (Å²) >= 11 is 7.93. The lowest BCUT2D eigenvalue weighted by Crippen LogP contribution is -1.88. The SMILES string of the molecule is CP(O)CSc1nc2nc(-c3ccc(-c4ccccc4O)cc3)c(Cl)cc2[nH]1. The number of aromatic amines is 1. The highest BCUT2D eigenvalue weighted by Crippen LogP contribution is 2.35. The Labute approximate surface area is 172 Å². The van der Waals surface area contributed by atoms with E-state index in [-0.39, 0.29) is 5.75 Å². The van der Waals surface area contributed by atoms with Crippen molar-refractivity contribution in [3.8, 4) is 28.1 Å². The van der Waals surface area contributed by atoms with Crippen LogP contribution in [0.4, 0.5) is 0 Å². The molecule has 0 amide bonds. The summed E-state index contributed by atoms with van der Waals surface area (Å²) in [5.41, 5.74) is 5.18. The smallest absolute Gasteiger partial charge is 0.179 e. The average Bonchev–Trinajstić information content (AvgIpc) is 3.08. The number of pyridine rings is 1. The monoisotopic (exact) mass is 429 g/mol. The summed E-state index contributed by atoms with van der Waals surface area (Å²) in [6.45, 7) is 1.80. The summed E-state index contributed by atoms with van der Waals surface area (Å²) in [5, 5.41) is 11.3. The second-order valence-corrected chi connectivity index (χ2v) is 9.69. The number of fused-ring (bicyclic) bond motifs is 1. The number of rotatable bonds is 5. The molecular weight excluding hydrogens is 413 g/mol. The zero-order valence-corrected chi connectivity index (χ0v) is 17.4. The first-order valence-corrected chi connectivity index (χ1v) is 11.8. The van der Waals surface area contributed by atoms with Crippen molar-refractivity contribution in [3.05, 3.63) is 59.6 Å². The minimum absolute atomic E-state index is 0.244. The molecule has 0 bridgehead atoms. The van der Waals surface area contributed by atoms with Crippen molar-refractivity contribution in [2.75, 3.05) is 12.2 Å². The molecule has 0 radical (unpaired) electrons. The van der Waals surface area contributed by atoms with E-state index in [1.807, 2.05) is 42.5 Å². The van der Waals surface area contributed by atoms with E-state index in [4.69, 9.17) is 11.6 Å². The number of hydrogen-bond acceptors (Lipinski definition) is 5. The predicted octanol–water partition coefficient (Wildman–Crippen LogP) is 5.72. The third-order valence-corrected chi connectivity index (χ3v) is 6.93. The van der Waals surface area contributed by atoms with Crippen LogP contribution in [0.15, 0.2) is 59.8 Å². The van der Waals surface area contributed by atoms with Gasteiger partial charge in [-0.05, 0) is 24.4 Å². The molecular formula is C20H17ClN3O2PS. The number of thioether (sulfide) groups is 1. The normalized spacial score (nSPS) is 12.4. The fourth-order valence-electron chi connectivity index (χ4n) is 2.85. The van der Waals surface area contributed by atoms with Gasteiger partial charge in [0.1, 0.15) is 5.75 Å². The first-order valence-electron chi connectivity index (χ1n) is 8.49. The molecule has 142 valence electrons. The Morgan fingerprint density at radius 1 is 1.07 bits per heavy atom. The molecule has 0 saturated heterocycles. The molecule has 0 saturated carbocycles. The molecule has 3 N–H and O–H groups in total. The van der Waals surface area contributed by atoms with Gasteiger partial charge in [-0.3, -0.25) is 0 Å². The van der Waals surface area contributed by atoms with Gasteiger partial charge in [-0.25, -0.2) is 9.97 Å². The maximum absolute atomic E-state index is 10.0. The molecule has 0 fully saturated rings. The molecule has 0 aliphatic heterocycles. The zero-order chi connectivity index (χ0) is 19.7. The minimum atomic E-state index is -0.988. The average molecular weight is 430 g/mol. The van der Waals surface area contributed by atoms with Gasteiger partial charge in [-0.1, -0.05) is 65.8 Å². The van der Waals surface area contributed by atoms with Gasteiger partial charge >= 0.3 is 0 Å². The largest absolute Gasteiger partial charge is 0.507 e. The van der Waals surface area contributed by atoms with E-state index in [2.05, 4.69) is 15.0 Å². The van der Waals surface area contributed by atoms with Crippen LogP contribution in [-0.4, -0.2) is 37.1 Å². The van der Waals surface area contributed by atoms with Crippen molar-refractivity contribution in [2.45, 2.75) is 5.16 Å². The van der Waals surface area contributed by atoms with Crippen LogP contribution in [0.3, 0.4) is 0 Å². The molecule has 1 unspecified atom stereocenters. The molecule has 4 rings (SSSR count). The number of nitrogens with zero attached hydrogens (tertiary/aromatic N) is 2. The van der Waals surface area contributed by atoms with Crippen molar-refractivity contribution in [3.63, 3.8) is 0 Å². The van der Waals surface area contributed by atoms with Crippen LogP contribution in [0.1, 0.15) is 0 Å².